The lowest BCUT2D eigenvalue weighted by Crippen LogP contribution is -2.27. The van der Waals surface area contributed by atoms with Crippen molar-refractivity contribution in [1.82, 2.24) is 10.6 Å². The largest absolute Gasteiger partial charge is 0.497 e. The summed E-state index contributed by atoms with van der Waals surface area (Å²) < 4.78 is 5.11. The predicted molar refractivity (Wildman–Crippen MR) is 101 cm³/mol. The quantitative estimate of drug-likeness (QED) is 0.568. The van der Waals surface area contributed by atoms with Crippen LogP contribution in [-0.2, 0) is 17.8 Å². The first-order chi connectivity index (χ1) is 12.6. The van der Waals surface area contributed by atoms with Crippen LogP contribution in [0.3, 0.4) is 0 Å². The van der Waals surface area contributed by atoms with E-state index in [1.165, 1.54) is 11.8 Å². The number of hydrogen-bond donors (Lipinski definition) is 2. The van der Waals surface area contributed by atoms with Gasteiger partial charge in [-0.3, -0.25) is 4.79 Å². The summed E-state index contributed by atoms with van der Waals surface area (Å²) in [7, 11) is 1.62. The Labute approximate surface area is 154 Å². The molecule has 0 aliphatic carbocycles. The van der Waals surface area contributed by atoms with Crippen molar-refractivity contribution in [3.05, 3.63) is 77.0 Å². The van der Waals surface area contributed by atoms with Crippen molar-refractivity contribution >= 4 is 5.91 Å². The molecule has 26 heavy (non-hydrogen) atoms. The van der Waals surface area contributed by atoms with E-state index in [0.717, 1.165) is 16.9 Å². The maximum absolute atomic E-state index is 12.1. The molecule has 134 valence electrons. The Balaban J connectivity index is 1.80. The van der Waals surface area contributed by atoms with Gasteiger partial charge in [-0.1, -0.05) is 42.0 Å². The first kappa shape index (κ1) is 19.1. The average Bonchev–Trinajstić information content (AvgIpc) is 2.66. The van der Waals surface area contributed by atoms with Crippen molar-refractivity contribution in [2.45, 2.75) is 19.9 Å². The molecule has 0 heterocycles. The van der Waals surface area contributed by atoms with E-state index in [9.17, 15) is 10.1 Å². The average molecular weight is 349 g/mol. The molecule has 0 aliphatic heterocycles. The van der Waals surface area contributed by atoms with Gasteiger partial charge in [-0.15, -0.1) is 0 Å². The molecule has 0 bridgehead atoms. The highest BCUT2D eigenvalue weighted by Crippen LogP contribution is 2.11. The van der Waals surface area contributed by atoms with Crippen LogP contribution < -0.4 is 15.4 Å². The molecule has 0 aliphatic rings. The Bertz CT molecular complexity index is 805. The van der Waals surface area contributed by atoms with Crippen molar-refractivity contribution in [1.29, 1.82) is 5.26 Å². The normalized spacial score (nSPS) is 10.7. The van der Waals surface area contributed by atoms with Crippen molar-refractivity contribution < 1.29 is 9.53 Å². The van der Waals surface area contributed by atoms with Gasteiger partial charge >= 0.3 is 0 Å². The Morgan fingerprint density at radius 3 is 2.62 bits per heavy atom. The highest BCUT2D eigenvalue weighted by molar-refractivity contribution is 5.97. The number of ether oxygens (including phenoxy) is 1. The number of hydrogen-bond acceptors (Lipinski definition) is 4. The van der Waals surface area contributed by atoms with Crippen LogP contribution in [0.5, 0.6) is 5.75 Å². The number of carbonyl (C=O) groups excluding carboxylic acids is 1. The summed E-state index contributed by atoms with van der Waals surface area (Å²) in [6, 6.07) is 17.7. The van der Waals surface area contributed by atoms with Gasteiger partial charge in [0.25, 0.3) is 5.91 Å². The van der Waals surface area contributed by atoms with E-state index < -0.39 is 0 Å². The zero-order valence-corrected chi connectivity index (χ0v) is 15.1. The first-order valence-corrected chi connectivity index (χ1v) is 8.42. The molecule has 0 unspecified atom stereocenters. The fraction of sp³-hybridized carbons (Fsp3) is 0.238. The molecule has 0 atom stereocenters. The summed E-state index contributed by atoms with van der Waals surface area (Å²) in [5, 5.41) is 15.0. The number of carbonyl (C=O) groups is 1. The Hall–Kier alpha value is -3.26. The zero-order valence-electron chi connectivity index (χ0n) is 15.1. The van der Waals surface area contributed by atoms with Gasteiger partial charge in [0.15, 0.2) is 0 Å². The number of aryl methyl sites for hydroxylation is 1. The predicted octanol–water partition coefficient (Wildman–Crippen LogP) is 2.86. The minimum absolute atomic E-state index is 0.0624. The maximum Gasteiger partial charge on any atom is 0.263 e. The Morgan fingerprint density at radius 2 is 1.96 bits per heavy atom. The van der Waals surface area contributed by atoms with Gasteiger partial charge in [0.05, 0.1) is 7.11 Å². The van der Waals surface area contributed by atoms with Crippen LogP contribution in [0.1, 0.15) is 16.7 Å². The lowest BCUT2D eigenvalue weighted by atomic mass is 10.1. The molecule has 2 aromatic rings. The van der Waals surface area contributed by atoms with Gasteiger partial charge < -0.3 is 15.4 Å². The summed E-state index contributed by atoms with van der Waals surface area (Å²) in [6.45, 7) is 3.05. The van der Waals surface area contributed by atoms with Crippen molar-refractivity contribution in [3.8, 4) is 11.8 Å². The summed E-state index contributed by atoms with van der Waals surface area (Å²) >= 11 is 0. The van der Waals surface area contributed by atoms with Gasteiger partial charge in [-0.2, -0.15) is 5.26 Å². The van der Waals surface area contributed by atoms with Crippen LogP contribution in [0.15, 0.2) is 60.3 Å². The molecule has 2 rings (SSSR count). The second-order valence-electron chi connectivity index (χ2n) is 5.89. The van der Waals surface area contributed by atoms with Crippen LogP contribution in [0.4, 0.5) is 0 Å². The maximum atomic E-state index is 12.1. The molecule has 0 radical (unpaired) electrons. The summed E-state index contributed by atoms with van der Waals surface area (Å²) in [5.74, 6) is 0.421. The SMILES string of the molecule is COc1ccc(CCNC(=O)/C(C#N)=C\NCc2cccc(C)c2)cc1. The molecule has 2 aromatic carbocycles. The van der Waals surface area contributed by atoms with Crippen LogP contribution in [0.25, 0.3) is 0 Å². The summed E-state index contributed by atoms with van der Waals surface area (Å²) in [6.07, 6.45) is 2.15. The van der Waals surface area contributed by atoms with Gasteiger partial charge in [-0.25, -0.2) is 0 Å². The fourth-order valence-electron chi connectivity index (χ4n) is 2.45. The monoisotopic (exact) mass is 349 g/mol. The third kappa shape index (κ3) is 5.99. The number of nitrogens with zero attached hydrogens (tertiary/aromatic N) is 1. The van der Waals surface area contributed by atoms with Crippen molar-refractivity contribution in [3.63, 3.8) is 0 Å². The highest BCUT2D eigenvalue weighted by Gasteiger charge is 2.08. The van der Waals surface area contributed by atoms with E-state index >= 15 is 0 Å². The molecule has 0 fully saturated rings. The standard InChI is InChI=1S/C21H23N3O2/c1-16-4-3-5-18(12-16)14-23-15-19(13-22)21(25)24-11-10-17-6-8-20(26-2)9-7-17/h3-9,12,15,23H,10-11,14H2,1-2H3,(H,24,25)/b19-15-. The summed E-state index contributed by atoms with van der Waals surface area (Å²) in [5.41, 5.74) is 3.42. The topological polar surface area (TPSA) is 74.1 Å². The van der Waals surface area contributed by atoms with E-state index in [1.54, 1.807) is 7.11 Å². The highest BCUT2D eigenvalue weighted by atomic mass is 16.5. The van der Waals surface area contributed by atoms with Crippen molar-refractivity contribution in [2.24, 2.45) is 0 Å². The number of benzene rings is 2. The summed E-state index contributed by atoms with van der Waals surface area (Å²) in [4.78, 5) is 12.1. The third-order valence-electron chi connectivity index (χ3n) is 3.86. The number of amides is 1. The number of rotatable bonds is 8. The number of methoxy groups -OCH3 is 1. The Kier molecular flexibility index (Phi) is 7.26. The molecular formula is C21H23N3O2. The third-order valence-corrected chi connectivity index (χ3v) is 3.86. The fourth-order valence-corrected chi connectivity index (χ4v) is 2.45. The molecule has 1 amide bonds. The zero-order chi connectivity index (χ0) is 18.8. The lowest BCUT2D eigenvalue weighted by Gasteiger charge is -2.07. The molecule has 0 saturated carbocycles. The minimum atomic E-state index is -0.377. The van der Waals surface area contributed by atoms with Gasteiger partial charge in [0.2, 0.25) is 0 Å². The second kappa shape index (κ2) is 9.90. The van der Waals surface area contributed by atoms with Crippen LogP contribution >= 0.6 is 0 Å². The molecule has 5 heteroatoms. The van der Waals surface area contributed by atoms with E-state index in [0.29, 0.717) is 19.5 Å². The van der Waals surface area contributed by atoms with Crippen LogP contribution in [0.2, 0.25) is 0 Å². The first-order valence-electron chi connectivity index (χ1n) is 8.42. The van der Waals surface area contributed by atoms with Crippen LogP contribution in [-0.4, -0.2) is 19.6 Å². The molecular weight excluding hydrogens is 326 g/mol. The lowest BCUT2D eigenvalue weighted by molar-refractivity contribution is -0.117. The van der Waals surface area contributed by atoms with E-state index in [-0.39, 0.29) is 11.5 Å². The van der Waals surface area contributed by atoms with Gasteiger partial charge in [0.1, 0.15) is 17.4 Å². The number of nitrogens with one attached hydrogen (secondary N) is 2. The van der Waals surface area contributed by atoms with E-state index in [2.05, 4.69) is 16.7 Å². The van der Waals surface area contributed by atoms with Crippen molar-refractivity contribution in [2.75, 3.05) is 13.7 Å². The van der Waals surface area contributed by atoms with Crippen LogP contribution in [0, 0.1) is 18.3 Å². The minimum Gasteiger partial charge on any atom is -0.497 e. The number of nitriles is 1. The molecule has 0 aromatic heterocycles. The second-order valence-corrected chi connectivity index (χ2v) is 5.89. The Morgan fingerprint density at radius 1 is 1.19 bits per heavy atom. The molecule has 5 nitrogen and oxygen atoms in total. The van der Waals surface area contributed by atoms with E-state index in [1.807, 2.05) is 55.5 Å². The molecule has 0 spiro atoms. The molecule has 2 N–H and O–H groups in total. The smallest absolute Gasteiger partial charge is 0.263 e. The van der Waals surface area contributed by atoms with E-state index in [4.69, 9.17) is 4.74 Å². The molecule has 0 saturated heterocycles. The van der Waals surface area contributed by atoms with Gasteiger partial charge in [-0.05, 0) is 36.6 Å². The van der Waals surface area contributed by atoms with Gasteiger partial charge in [0, 0.05) is 19.3 Å².